The van der Waals surface area contributed by atoms with Crippen LogP contribution in [0.15, 0.2) is 42.2 Å². The molecule has 3 aliphatic rings. The monoisotopic (exact) mass is 460 g/mol. The van der Waals surface area contributed by atoms with E-state index < -0.39 is 0 Å². The third-order valence-electron chi connectivity index (χ3n) is 7.62. The van der Waals surface area contributed by atoms with Crippen LogP contribution >= 0.6 is 0 Å². The van der Waals surface area contributed by atoms with Crippen molar-refractivity contribution in [2.45, 2.75) is 52.4 Å². The highest BCUT2D eigenvalue weighted by atomic mass is 16.5. The molecule has 34 heavy (non-hydrogen) atoms. The Balaban J connectivity index is 1.02. The number of hydrogen-bond donors (Lipinski definition) is 0. The van der Waals surface area contributed by atoms with Crippen molar-refractivity contribution in [2.75, 3.05) is 37.7 Å². The summed E-state index contributed by atoms with van der Waals surface area (Å²) in [6, 6.07) is 6.14. The molecular weight excluding hydrogens is 424 g/mol. The van der Waals surface area contributed by atoms with Gasteiger partial charge in [0, 0.05) is 44.5 Å². The number of aryl methyl sites for hydroxylation is 2. The van der Waals surface area contributed by atoms with Crippen molar-refractivity contribution in [2.24, 2.45) is 11.8 Å². The molecule has 2 aromatic rings. The smallest absolute Gasteiger partial charge is 0.227 e. The van der Waals surface area contributed by atoms with Gasteiger partial charge in [0.05, 0.1) is 13.0 Å². The molecule has 180 valence electrons. The summed E-state index contributed by atoms with van der Waals surface area (Å²) in [7, 11) is 0. The predicted octanol–water partition coefficient (Wildman–Crippen LogP) is 4.36. The lowest BCUT2D eigenvalue weighted by molar-refractivity contribution is -0.133. The Morgan fingerprint density at radius 3 is 2.53 bits per heavy atom. The number of hydrogen-bond acceptors (Lipinski definition) is 5. The Morgan fingerprint density at radius 1 is 1.12 bits per heavy atom. The van der Waals surface area contributed by atoms with Gasteiger partial charge in [-0.25, -0.2) is 9.97 Å². The number of benzene rings is 1. The summed E-state index contributed by atoms with van der Waals surface area (Å²) < 4.78 is 6.05. The number of likely N-dealkylation sites (tertiary alicyclic amines) is 1. The van der Waals surface area contributed by atoms with E-state index in [2.05, 4.69) is 46.9 Å². The minimum absolute atomic E-state index is 0.239. The number of nitrogens with zero attached hydrogens (tertiary/aromatic N) is 4. The zero-order valence-electron chi connectivity index (χ0n) is 20.5. The third kappa shape index (κ3) is 5.26. The number of carbonyl (C=O) groups is 1. The number of allylic oxidation sites excluding steroid dienone is 2. The van der Waals surface area contributed by atoms with Crippen molar-refractivity contribution in [1.29, 1.82) is 0 Å². The van der Waals surface area contributed by atoms with E-state index in [1.54, 1.807) is 5.57 Å². The molecule has 5 rings (SSSR count). The normalized spacial score (nSPS) is 20.1. The van der Waals surface area contributed by atoms with Gasteiger partial charge in [0.1, 0.15) is 5.75 Å². The van der Waals surface area contributed by atoms with E-state index in [4.69, 9.17) is 4.74 Å². The lowest BCUT2D eigenvalue weighted by Gasteiger charge is -2.31. The quantitative estimate of drug-likeness (QED) is 0.520. The van der Waals surface area contributed by atoms with E-state index in [0.29, 0.717) is 18.3 Å². The highest BCUT2D eigenvalue weighted by Gasteiger charge is 2.34. The molecule has 0 N–H and O–H groups in total. The molecule has 0 spiro atoms. The van der Waals surface area contributed by atoms with E-state index in [0.717, 1.165) is 74.9 Å². The van der Waals surface area contributed by atoms with Crippen LogP contribution in [0.2, 0.25) is 0 Å². The van der Waals surface area contributed by atoms with Crippen molar-refractivity contribution < 1.29 is 9.53 Å². The van der Waals surface area contributed by atoms with Crippen LogP contribution in [0.5, 0.6) is 5.75 Å². The minimum Gasteiger partial charge on any atom is -0.494 e. The molecule has 1 aliphatic carbocycles. The maximum Gasteiger partial charge on any atom is 0.227 e. The first-order valence-corrected chi connectivity index (χ1v) is 12.9. The van der Waals surface area contributed by atoms with Crippen LogP contribution in [0.4, 0.5) is 5.95 Å². The van der Waals surface area contributed by atoms with Crippen LogP contribution in [0.3, 0.4) is 0 Å². The molecule has 1 aromatic heterocycles. The van der Waals surface area contributed by atoms with Gasteiger partial charge in [0.2, 0.25) is 11.9 Å². The molecule has 0 saturated carbocycles. The van der Waals surface area contributed by atoms with Crippen molar-refractivity contribution in [1.82, 2.24) is 14.9 Å². The van der Waals surface area contributed by atoms with Gasteiger partial charge in [-0.05, 0) is 73.8 Å². The van der Waals surface area contributed by atoms with E-state index in [1.165, 1.54) is 18.4 Å². The second-order valence-corrected chi connectivity index (χ2v) is 9.92. The van der Waals surface area contributed by atoms with E-state index in [-0.39, 0.29) is 5.91 Å². The Morgan fingerprint density at radius 2 is 1.88 bits per heavy atom. The van der Waals surface area contributed by atoms with Crippen molar-refractivity contribution >= 4 is 11.9 Å². The lowest BCUT2D eigenvalue weighted by Crippen LogP contribution is -2.42. The number of ether oxygens (including phenoxy) is 1. The summed E-state index contributed by atoms with van der Waals surface area (Å²) in [5, 5.41) is 0. The molecular formula is C28H36N4O2. The summed E-state index contributed by atoms with van der Waals surface area (Å²) in [5.41, 5.74) is 5.06. The average Bonchev–Trinajstić information content (AvgIpc) is 3.59. The molecule has 6 nitrogen and oxygen atoms in total. The van der Waals surface area contributed by atoms with Crippen LogP contribution in [0.1, 0.15) is 49.3 Å². The zero-order chi connectivity index (χ0) is 23.5. The van der Waals surface area contributed by atoms with Gasteiger partial charge in [0.15, 0.2) is 0 Å². The Labute approximate surface area is 203 Å². The molecule has 1 amide bonds. The maximum atomic E-state index is 12.2. The number of anilines is 1. The Kier molecular flexibility index (Phi) is 6.84. The molecule has 6 heteroatoms. The number of amides is 1. The van der Waals surface area contributed by atoms with E-state index in [1.807, 2.05) is 23.4 Å². The number of aromatic nitrogens is 2. The number of carbonyl (C=O) groups excluding carboxylic acids is 1. The second-order valence-electron chi connectivity index (χ2n) is 9.92. The van der Waals surface area contributed by atoms with E-state index in [9.17, 15) is 4.79 Å². The first kappa shape index (κ1) is 22.9. The maximum absolute atomic E-state index is 12.2. The summed E-state index contributed by atoms with van der Waals surface area (Å²) in [6.45, 7) is 8.82. The number of rotatable bonds is 9. The topological polar surface area (TPSA) is 58.6 Å². The SMILES string of the molecule is CCc1cnc(N2CCC(C3=C[C@H]3CCOc3ccc(CC(=O)N4CCC4)c(C)c3)CC2)nc1. The molecule has 0 radical (unpaired) electrons. The van der Waals surface area contributed by atoms with Gasteiger partial charge < -0.3 is 14.5 Å². The highest BCUT2D eigenvalue weighted by Crippen LogP contribution is 2.42. The summed E-state index contributed by atoms with van der Waals surface area (Å²) in [5.74, 6) is 3.31. The fourth-order valence-corrected chi connectivity index (χ4v) is 5.08. The molecule has 3 heterocycles. The van der Waals surface area contributed by atoms with Gasteiger partial charge in [-0.2, -0.15) is 0 Å². The summed E-state index contributed by atoms with van der Waals surface area (Å²) in [6.07, 6.45) is 12.4. The standard InChI is InChI=1S/C28H36N4O2/c1-3-21-18-29-28(30-19-21)32-12-7-22(8-13-32)26-16-24(26)9-14-34-25-6-5-23(20(2)15-25)17-27(33)31-10-4-11-31/h5-6,15-16,18-19,22,24H,3-4,7-14,17H2,1-2H3/t24-/m1/s1. The Bertz CT molecular complexity index is 1040. The highest BCUT2D eigenvalue weighted by molar-refractivity contribution is 5.79. The van der Waals surface area contributed by atoms with Gasteiger partial charge in [-0.1, -0.05) is 24.6 Å². The zero-order valence-corrected chi connectivity index (χ0v) is 20.5. The van der Waals surface area contributed by atoms with Crippen molar-refractivity contribution in [3.05, 3.63) is 58.9 Å². The van der Waals surface area contributed by atoms with E-state index >= 15 is 0 Å². The van der Waals surface area contributed by atoms with Crippen LogP contribution in [-0.4, -0.2) is 53.6 Å². The molecule has 2 aliphatic heterocycles. The predicted molar refractivity (Wildman–Crippen MR) is 134 cm³/mol. The van der Waals surface area contributed by atoms with Crippen LogP contribution < -0.4 is 9.64 Å². The van der Waals surface area contributed by atoms with Crippen LogP contribution in [-0.2, 0) is 17.6 Å². The Hall–Kier alpha value is -2.89. The van der Waals surface area contributed by atoms with Crippen LogP contribution in [0.25, 0.3) is 0 Å². The first-order valence-electron chi connectivity index (χ1n) is 12.9. The second kappa shape index (κ2) is 10.2. The molecule has 2 fully saturated rings. The largest absolute Gasteiger partial charge is 0.494 e. The van der Waals surface area contributed by atoms with Gasteiger partial charge in [-0.3, -0.25) is 4.79 Å². The fourth-order valence-electron chi connectivity index (χ4n) is 5.08. The molecule has 0 bridgehead atoms. The molecule has 1 atom stereocenters. The summed E-state index contributed by atoms with van der Waals surface area (Å²) in [4.78, 5) is 25.6. The lowest BCUT2D eigenvalue weighted by atomic mass is 9.92. The fraction of sp³-hybridized carbons (Fsp3) is 0.536. The van der Waals surface area contributed by atoms with Gasteiger partial charge in [-0.15, -0.1) is 0 Å². The van der Waals surface area contributed by atoms with Crippen molar-refractivity contribution in [3.63, 3.8) is 0 Å². The first-order chi connectivity index (χ1) is 16.6. The van der Waals surface area contributed by atoms with Crippen molar-refractivity contribution in [3.8, 4) is 5.75 Å². The van der Waals surface area contributed by atoms with Gasteiger partial charge >= 0.3 is 0 Å². The molecule has 1 aromatic carbocycles. The molecule has 0 unspecified atom stereocenters. The molecule has 2 saturated heterocycles. The van der Waals surface area contributed by atoms with Crippen LogP contribution in [0, 0.1) is 18.8 Å². The number of piperidine rings is 1. The van der Waals surface area contributed by atoms with Gasteiger partial charge in [0.25, 0.3) is 0 Å². The average molecular weight is 461 g/mol. The summed E-state index contributed by atoms with van der Waals surface area (Å²) >= 11 is 0. The third-order valence-corrected chi connectivity index (χ3v) is 7.62. The minimum atomic E-state index is 0.239.